The van der Waals surface area contributed by atoms with Gasteiger partial charge in [0, 0.05) is 9.70 Å². The second kappa shape index (κ2) is 6.94. The van der Waals surface area contributed by atoms with E-state index in [-0.39, 0.29) is 0 Å². The van der Waals surface area contributed by atoms with Crippen LogP contribution in [0, 0.1) is 11.8 Å². The van der Waals surface area contributed by atoms with Crippen LogP contribution in [0.15, 0.2) is 17.5 Å². The molecule has 2 heteroatoms. The average Bonchev–Trinajstić information content (AvgIpc) is 2.83. The lowest BCUT2D eigenvalue weighted by molar-refractivity contribution is 0.254. The Labute approximate surface area is 118 Å². The molecule has 1 aromatic heterocycles. The van der Waals surface area contributed by atoms with E-state index in [9.17, 15) is 0 Å². The highest BCUT2D eigenvalue weighted by molar-refractivity contribution is 9.09. The van der Waals surface area contributed by atoms with E-state index in [4.69, 9.17) is 0 Å². The van der Waals surface area contributed by atoms with Gasteiger partial charge in [-0.1, -0.05) is 41.8 Å². The van der Waals surface area contributed by atoms with Crippen molar-refractivity contribution in [2.75, 3.05) is 0 Å². The molecule has 0 aromatic carbocycles. The van der Waals surface area contributed by atoms with E-state index in [2.05, 4.69) is 40.4 Å². The molecule has 1 heterocycles. The first-order valence-corrected chi connectivity index (χ1v) is 8.75. The van der Waals surface area contributed by atoms with Crippen molar-refractivity contribution in [2.24, 2.45) is 11.8 Å². The third-order valence-electron chi connectivity index (χ3n) is 4.04. The third-order valence-corrected chi connectivity index (χ3v) is 6.18. The summed E-state index contributed by atoms with van der Waals surface area (Å²) in [5.41, 5.74) is 0. The number of aryl methyl sites for hydroxylation is 1. The molecule has 0 nitrogen and oxygen atoms in total. The van der Waals surface area contributed by atoms with Gasteiger partial charge in [0.25, 0.3) is 0 Å². The predicted molar refractivity (Wildman–Crippen MR) is 81.1 cm³/mol. The van der Waals surface area contributed by atoms with E-state index >= 15 is 0 Å². The van der Waals surface area contributed by atoms with Gasteiger partial charge in [-0.2, -0.15) is 0 Å². The van der Waals surface area contributed by atoms with Crippen molar-refractivity contribution in [3.63, 3.8) is 0 Å². The molecule has 1 aliphatic rings. The first-order valence-electron chi connectivity index (χ1n) is 6.96. The molecule has 0 radical (unpaired) electrons. The first kappa shape index (κ1) is 13.6. The van der Waals surface area contributed by atoms with Crippen molar-refractivity contribution >= 4 is 27.3 Å². The van der Waals surface area contributed by atoms with E-state index < -0.39 is 0 Å². The topological polar surface area (TPSA) is 0 Å². The van der Waals surface area contributed by atoms with Crippen LogP contribution in [0.25, 0.3) is 0 Å². The zero-order chi connectivity index (χ0) is 12.1. The van der Waals surface area contributed by atoms with Crippen LogP contribution in [0.3, 0.4) is 0 Å². The summed E-state index contributed by atoms with van der Waals surface area (Å²) in [6.45, 7) is 2.32. The van der Waals surface area contributed by atoms with Crippen LogP contribution >= 0.6 is 27.3 Å². The minimum Gasteiger partial charge on any atom is -0.149 e. The molecule has 0 spiro atoms. The molecule has 0 amide bonds. The fraction of sp³-hybridized carbons (Fsp3) is 0.733. The van der Waals surface area contributed by atoms with Gasteiger partial charge in [0.2, 0.25) is 0 Å². The molecule has 96 valence electrons. The molecule has 1 aromatic rings. The van der Waals surface area contributed by atoms with E-state index in [0.29, 0.717) is 0 Å². The summed E-state index contributed by atoms with van der Waals surface area (Å²) in [6.07, 6.45) is 9.73. The monoisotopic (exact) mass is 314 g/mol. The SMILES string of the molecule is CCCC1CCC(Br)C(CCc2cccs2)C1. The minimum absolute atomic E-state index is 0.774. The second-order valence-corrected chi connectivity index (χ2v) is 7.57. The molecular weight excluding hydrogens is 292 g/mol. The number of hydrogen-bond acceptors (Lipinski definition) is 1. The Morgan fingerprint density at radius 3 is 2.94 bits per heavy atom. The lowest BCUT2D eigenvalue weighted by atomic mass is 9.77. The van der Waals surface area contributed by atoms with Crippen molar-refractivity contribution in [1.82, 2.24) is 0 Å². The Kier molecular flexibility index (Phi) is 5.55. The van der Waals surface area contributed by atoms with Crippen LogP contribution in [0.5, 0.6) is 0 Å². The van der Waals surface area contributed by atoms with Crippen molar-refractivity contribution in [3.8, 4) is 0 Å². The fourth-order valence-electron chi connectivity index (χ4n) is 3.08. The number of hydrogen-bond donors (Lipinski definition) is 0. The lowest BCUT2D eigenvalue weighted by Gasteiger charge is -2.33. The molecule has 0 N–H and O–H groups in total. The van der Waals surface area contributed by atoms with Gasteiger partial charge in [0.15, 0.2) is 0 Å². The molecule has 3 unspecified atom stereocenters. The summed E-state index contributed by atoms with van der Waals surface area (Å²) in [6, 6.07) is 4.45. The van der Waals surface area contributed by atoms with Gasteiger partial charge in [-0.25, -0.2) is 0 Å². The highest BCUT2D eigenvalue weighted by atomic mass is 79.9. The fourth-order valence-corrected chi connectivity index (χ4v) is 4.55. The van der Waals surface area contributed by atoms with Gasteiger partial charge in [0.1, 0.15) is 0 Å². The minimum atomic E-state index is 0.774. The molecule has 0 aliphatic heterocycles. The summed E-state index contributed by atoms with van der Waals surface area (Å²) in [7, 11) is 0. The summed E-state index contributed by atoms with van der Waals surface area (Å²) in [5, 5.41) is 2.20. The maximum absolute atomic E-state index is 3.90. The number of rotatable bonds is 5. The van der Waals surface area contributed by atoms with Gasteiger partial charge < -0.3 is 0 Å². The van der Waals surface area contributed by atoms with E-state index in [1.165, 1.54) is 44.9 Å². The van der Waals surface area contributed by atoms with Gasteiger partial charge in [-0.05, 0) is 55.4 Å². The van der Waals surface area contributed by atoms with Gasteiger partial charge in [-0.3, -0.25) is 0 Å². The number of alkyl halides is 1. The Morgan fingerprint density at radius 1 is 1.35 bits per heavy atom. The van der Waals surface area contributed by atoms with Crippen molar-refractivity contribution < 1.29 is 0 Å². The summed E-state index contributed by atoms with van der Waals surface area (Å²) in [4.78, 5) is 2.33. The second-order valence-electron chi connectivity index (χ2n) is 5.36. The average molecular weight is 315 g/mol. The largest absolute Gasteiger partial charge is 0.149 e. The molecule has 0 bridgehead atoms. The van der Waals surface area contributed by atoms with Crippen LogP contribution in [-0.2, 0) is 6.42 Å². The molecule has 1 saturated carbocycles. The molecule has 3 atom stereocenters. The molecular formula is C15H23BrS. The van der Waals surface area contributed by atoms with E-state index in [1.807, 2.05) is 11.3 Å². The Hall–Kier alpha value is 0.180. The standard InChI is InChI=1S/C15H23BrS/c1-2-4-12-6-9-15(16)13(11-12)7-8-14-5-3-10-17-14/h3,5,10,12-13,15H,2,4,6-9,11H2,1H3. The first-order chi connectivity index (χ1) is 8.29. The van der Waals surface area contributed by atoms with Crippen molar-refractivity contribution in [2.45, 2.75) is 56.7 Å². The number of halogens is 1. The van der Waals surface area contributed by atoms with Crippen LogP contribution in [-0.4, -0.2) is 4.83 Å². The Bertz CT molecular complexity index is 307. The van der Waals surface area contributed by atoms with Crippen LogP contribution < -0.4 is 0 Å². The van der Waals surface area contributed by atoms with Gasteiger partial charge in [-0.15, -0.1) is 11.3 Å². The Balaban J connectivity index is 1.81. The van der Waals surface area contributed by atoms with Crippen LogP contribution in [0.2, 0.25) is 0 Å². The molecule has 1 aliphatic carbocycles. The van der Waals surface area contributed by atoms with Crippen molar-refractivity contribution in [3.05, 3.63) is 22.4 Å². The van der Waals surface area contributed by atoms with Gasteiger partial charge in [0.05, 0.1) is 0 Å². The van der Waals surface area contributed by atoms with Crippen LogP contribution in [0.4, 0.5) is 0 Å². The smallest absolute Gasteiger partial charge is 0.0174 e. The lowest BCUT2D eigenvalue weighted by Crippen LogP contribution is -2.25. The number of thiophene rings is 1. The van der Waals surface area contributed by atoms with Crippen molar-refractivity contribution in [1.29, 1.82) is 0 Å². The van der Waals surface area contributed by atoms with E-state index in [0.717, 1.165) is 16.7 Å². The Morgan fingerprint density at radius 2 is 2.24 bits per heavy atom. The summed E-state index contributed by atoms with van der Waals surface area (Å²) in [5.74, 6) is 1.91. The zero-order valence-electron chi connectivity index (χ0n) is 10.7. The maximum atomic E-state index is 3.90. The third kappa shape index (κ3) is 4.10. The summed E-state index contributed by atoms with van der Waals surface area (Å²) < 4.78 is 0. The van der Waals surface area contributed by atoms with Crippen LogP contribution in [0.1, 0.15) is 50.3 Å². The summed E-state index contributed by atoms with van der Waals surface area (Å²) >= 11 is 5.81. The normalized spacial score (nSPS) is 29.4. The molecule has 2 rings (SSSR count). The van der Waals surface area contributed by atoms with Gasteiger partial charge >= 0.3 is 0 Å². The highest BCUT2D eigenvalue weighted by Crippen LogP contribution is 2.38. The predicted octanol–water partition coefficient (Wildman–Crippen LogP) is 5.66. The quantitative estimate of drug-likeness (QED) is 0.615. The highest BCUT2D eigenvalue weighted by Gasteiger charge is 2.27. The zero-order valence-corrected chi connectivity index (χ0v) is 13.1. The molecule has 1 fully saturated rings. The molecule has 0 saturated heterocycles. The maximum Gasteiger partial charge on any atom is 0.0174 e. The van der Waals surface area contributed by atoms with E-state index in [1.54, 1.807) is 4.88 Å². The molecule has 17 heavy (non-hydrogen) atoms.